The maximum atomic E-state index is 13.9. The highest BCUT2D eigenvalue weighted by molar-refractivity contribution is 5.86. The molecule has 0 saturated carbocycles. The first kappa shape index (κ1) is 25.5. The highest BCUT2D eigenvalue weighted by atomic mass is 19.1. The summed E-state index contributed by atoms with van der Waals surface area (Å²) in [6.45, 7) is 10.1. The minimum absolute atomic E-state index is 0.138. The van der Waals surface area contributed by atoms with Gasteiger partial charge in [0.15, 0.2) is 0 Å². The van der Waals surface area contributed by atoms with E-state index >= 15 is 0 Å². The number of likely N-dealkylation sites (tertiary alicyclic amines) is 1. The van der Waals surface area contributed by atoms with Crippen molar-refractivity contribution in [3.63, 3.8) is 0 Å². The lowest BCUT2D eigenvalue weighted by Gasteiger charge is -2.43. The highest BCUT2D eigenvalue weighted by Gasteiger charge is 2.41. The van der Waals surface area contributed by atoms with E-state index in [4.69, 9.17) is 4.74 Å². The topological polar surface area (TPSA) is 87.9 Å². The summed E-state index contributed by atoms with van der Waals surface area (Å²) in [4.78, 5) is 28.4. The van der Waals surface area contributed by atoms with E-state index in [-0.39, 0.29) is 23.7 Å². The van der Waals surface area contributed by atoms with E-state index in [0.717, 1.165) is 5.56 Å². The summed E-state index contributed by atoms with van der Waals surface area (Å²) in [6, 6.07) is 3.67. The molecular formula is C25H35FN4O4. The van der Waals surface area contributed by atoms with E-state index in [1.54, 1.807) is 55.9 Å². The van der Waals surface area contributed by atoms with Gasteiger partial charge in [-0.15, -0.1) is 0 Å². The van der Waals surface area contributed by atoms with Crippen molar-refractivity contribution in [3.05, 3.63) is 36.4 Å². The largest absolute Gasteiger partial charge is 0.490 e. The molecule has 0 unspecified atom stereocenters. The smallest absolute Gasteiger partial charge is 0.408 e. The molecule has 34 heavy (non-hydrogen) atoms. The van der Waals surface area contributed by atoms with Gasteiger partial charge in [-0.1, -0.05) is 13.8 Å². The Morgan fingerprint density at radius 1 is 1.24 bits per heavy atom. The van der Waals surface area contributed by atoms with Crippen LogP contribution in [0.15, 0.2) is 30.6 Å². The molecule has 9 heteroatoms. The average Bonchev–Trinajstić information content (AvgIpc) is 3.18. The third-order valence-corrected chi connectivity index (χ3v) is 6.10. The normalized spacial score (nSPS) is 15.9. The summed E-state index contributed by atoms with van der Waals surface area (Å²) in [5.41, 5.74) is 0.692. The van der Waals surface area contributed by atoms with Crippen molar-refractivity contribution < 1.29 is 23.8 Å². The number of benzene rings is 1. The van der Waals surface area contributed by atoms with Crippen LogP contribution in [0.5, 0.6) is 5.75 Å². The second-order valence-corrected chi connectivity index (χ2v) is 10.2. The van der Waals surface area contributed by atoms with Gasteiger partial charge in [-0.25, -0.2) is 9.18 Å². The van der Waals surface area contributed by atoms with Crippen LogP contribution < -0.4 is 4.74 Å². The minimum Gasteiger partial charge on any atom is -0.490 e. The third kappa shape index (κ3) is 5.69. The molecule has 1 aliphatic heterocycles. The van der Waals surface area contributed by atoms with Crippen molar-refractivity contribution in [2.75, 3.05) is 13.1 Å². The summed E-state index contributed by atoms with van der Waals surface area (Å²) in [5.74, 6) is -0.126. The zero-order chi connectivity index (χ0) is 25.2. The SMILES string of the molecule is CC(C)[C@@H](C(=O)N1CCC(Oc2ccc(F)cc2-c2cnn(C)c2)CC1)N(C(=O)O)C(C)(C)C. The van der Waals surface area contributed by atoms with E-state index in [1.165, 1.54) is 17.0 Å². The minimum atomic E-state index is -1.10. The molecule has 1 aliphatic rings. The van der Waals surface area contributed by atoms with E-state index < -0.39 is 17.7 Å². The average molecular weight is 475 g/mol. The third-order valence-electron chi connectivity index (χ3n) is 6.10. The van der Waals surface area contributed by atoms with Crippen LogP contribution in [0.3, 0.4) is 0 Å². The number of carboxylic acid groups (broad SMARTS) is 1. The number of hydrogen-bond acceptors (Lipinski definition) is 4. The molecular weight excluding hydrogens is 439 g/mol. The number of amides is 2. The molecule has 0 aliphatic carbocycles. The van der Waals surface area contributed by atoms with Crippen molar-refractivity contribution in [2.24, 2.45) is 13.0 Å². The van der Waals surface area contributed by atoms with Gasteiger partial charge in [-0.2, -0.15) is 5.10 Å². The van der Waals surface area contributed by atoms with Gasteiger partial charge in [0.05, 0.1) is 6.20 Å². The zero-order valence-electron chi connectivity index (χ0n) is 20.8. The van der Waals surface area contributed by atoms with Crippen molar-refractivity contribution in [2.45, 2.75) is 65.1 Å². The molecule has 0 spiro atoms. The van der Waals surface area contributed by atoms with Gasteiger partial charge in [-0.3, -0.25) is 14.4 Å². The molecule has 1 saturated heterocycles. The fourth-order valence-electron chi connectivity index (χ4n) is 4.47. The Kier molecular flexibility index (Phi) is 7.53. The van der Waals surface area contributed by atoms with E-state index in [2.05, 4.69) is 5.10 Å². The first-order valence-electron chi connectivity index (χ1n) is 11.6. The summed E-state index contributed by atoms with van der Waals surface area (Å²) in [7, 11) is 1.80. The van der Waals surface area contributed by atoms with Gasteiger partial charge in [-0.05, 0) is 44.9 Å². The molecule has 3 rings (SSSR count). The second kappa shape index (κ2) is 10.0. The Labute approximate surface area is 200 Å². The fourth-order valence-corrected chi connectivity index (χ4v) is 4.47. The van der Waals surface area contributed by atoms with Crippen LogP contribution in [-0.4, -0.2) is 67.5 Å². The van der Waals surface area contributed by atoms with Gasteiger partial charge in [0.1, 0.15) is 23.7 Å². The fraction of sp³-hybridized carbons (Fsp3) is 0.560. The summed E-state index contributed by atoms with van der Waals surface area (Å²) in [6.07, 6.45) is 3.43. The Morgan fingerprint density at radius 3 is 2.38 bits per heavy atom. The van der Waals surface area contributed by atoms with E-state index in [1.807, 2.05) is 13.8 Å². The molecule has 1 aromatic carbocycles. The van der Waals surface area contributed by atoms with Gasteiger partial charge < -0.3 is 14.7 Å². The lowest BCUT2D eigenvalue weighted by atomic mass is 9.94. The summed E-state index contributed by atoms with van der Waals surface area (Å²) >= 11 is 0. The Balaban J connectivity index is 1.71. The van der Waals surface area contributed by atoms with Gasteiger partial charge in [0.25, 0.3) is 0 Å². The molecule has 0 bridgehead atoms. The van der Waals surface area contributed by atoms with Crippen molar-refractivity contribution in [1.82, 2.24) is 19.6 Å². The maximum absolute atomic E-state index is 13.9. The van der Waals surface area contributed by atoms with Gasteiger partial charge >= 0.3 is 6.09 Å². The maximum Gasteiger partial charge on any atom is 0.408 e. The zero-order valence-corrected chi connectivity index (χ0v) is 20.8. The number of ether oxygens (including phenoxy) is 1. The predicted molar refractivity (Wildman–Crippen MR) is 127 cm³/mol. The second-order valence-electron chi connectivity index (χ2n) is 10.2. The molecule has 1 fully saturated rings. The van der Waals surface area contributed by atoms with Gasteiger partial charge in [0, 0.05) is 55.8 Å². The molecule has 2 aromatic rings. The Bertz CT molecular complexity index is 1020. The Hall–Kier alpha value is -3.10. The number of nitrogens with zero attached hydrogens (tertiary/aromatic N) is 4. The number of aromatic nitrogens is 2. The Morgan fingerprint density at radius 2 is 1.88 bits per heavy atom. The monoisotopic (exact) mass is 474 g/mol. The predicted octanol–water partition coefficient (Wildman–Crippen LogP) is 4.40. The number of piperidine rings is 1. The molecule has 2 amide bonds. The molecule has 1 aromatic heterocycles. The lowest BCUT2D eigenvalue weighted by Crippen LogP contribution is -2.60. The first-order chi connectivity index (χ1) is 15.9. The standard InChI is InChI=1S/C25H35FN4O4/c1-16(2)22(30(24(32)33)25(3,4)5)23(31)29-11-9-19(10-12-29)34-21-8-7-18(26)13-20(21)17-14-27-28(6)15-17/h7-8,13-16,19,22H,9-12H2,1-6H3,(H,32,33)/t22-/m0/s1. The van der Waals surface area contributed by atoms with E-state index in [0.29, 0.717) is 37.2 Å². The van der Waals surface area contributed by atoms with Crippen molar-refractivity contribution in [1.29, 1.82) is 0 Å². The highest BCUT2D eigenvalue weighted by Crippen LogP contribution is 2.33. The van der Waals surface area contributed by atoms with Crippen LogP contribution in [0.2, 0.25) is 0 Å². The van der Waals surface area contributed by atoms with Crippen LogP contribution in [0, 0.1) is 11.7 Å². The number of aryl methyl sites for hydroxylation is 1. The molecule has 1 N–H and O–H groups in total. The number of carbonyl (C=O) groups is 2. The molecule has 0 radical (unpaired) electrons. The summed E-state index contributed by atoms with van der Waals surface area (Å²) < 4.78 is 21.8. The van der Waals surface area contributed by atoms with Crippen LogP contribution in [0.4, 0.5) is 9.18 Å². The number of halogens is 1. The van der Waals surface area contributed by atoms with Gasteiger partial charge in [0.2, 0.25) is 5.91 Å². The van der Waals surface area contributed by atoms with Crippen molar-refractivity contribution in [3.8, 4) is 16.9 Å². The van der Waals surface area contributed by atoms with Crippen LogP contribution >= 0.6 is 0 Å². The molecule has 8 nitrogen and oxygen atoms in total. The molecule has 1 atom stereocenters. The van der Waals surface area contributed by atoms with Crippen LogP contribution in [0.1, 0.15) is 47.5 Å². The number of rotatable bonds is 6. The number of carbonyl (C=O) groups excluding carboxylic acids is 1. The lowest BCUT2D eigenvalue weighted by molar-refractivity contribution is -0.141. The molecule has 186 valence electrons. The first-order valence-corrected chi connectivity index (χ1v) is 11.6. The van der Waals surface area contributed by atoms with Crippen LogP contribution in [0.25, 0.3) is 11.1 Å². The van der Waals surface area contributed by atoms with E-state index in [9.17, 15) is 19.1 Å². The molecule has 2 heterocycles. The van der Waals surface area contributed by atoms with Crippen molar-refractivity contribution >= 4 is 12.0 Å². The number of hydrogen-bond donors (Lipinski definition) is 1. The van der Waals surface area contributed by atoms with Crippen LogP contribution in [-0.2, 0) is 11.8 Å². The quantitative estimate of drug-likeness (QED) is 0.671. The summed E-state index contributed by atoms with van der Waals surface area (Å²) in [5, 5.41) is 14.0.